The normalized spacial score (nSPS) is 17.8. The molecule has 1 fully saturated rings. The number of rotatable bonds is 8. The summed E-state index contributed by atoms with van der Waals surface area (Å²) in [5.41, 5.74) is 2.32. The molecule has 28 heavy (non-hydrogen) atoms. The monoisotopic (exact) mass is 382 g/mol. The lowest BCUT2D eigenvalue weighted by molar-refractivity contribution is -0.131. The van der Waals surface area contributed by atoms with Gasteiger partial charge in [-0.05, 0) is 49.1 Å². The van der Waals surface area contributed by atoms with Gasteiger partial charge in [0.2, 0.25) is 5.91 Å². The molecule has 0 spiro atoms. The molecule has 4 heteroatoms. The Morgan fingerprint density at radius 2 is 1.79 bits per heavy atom. The van der Waals surface area contributed by atoms with Gasteiger partial charge in [0.15, 0.2) is 0 Å². The van der Waals surface area contributed by atoms with Crippen LogP contribution in [0.15, 0.2) is 54.6 Å². The number of hydrogen-bond acceptors (Lipinski definition) is 2. The predicted octanol–water partition coefficient (Wildman–Crippen LogP) is 5.01. The molecule has 0 N–H and O–H groups in total. The van der Waals surface area contributed by atoms with Gasteiger partial charge < -0.3 is 4.90 Å². The Morgan fingerprint density at radius 3 is 2.50 bits per heavy atom. The maximum atomic E-state index is 13.1. The largest absolute Gasteiger partial charge is 0.338 e. The van der Waals surface area contributed by atoms with Crippen LogP contribution in [0.1, 0.15) is 50.2 Å². The molecule has 2 aromatic carbocycles. The van der Waals surface area contributed by atoms with Gasteiger partial charge in [0, 0.05) is 32.1 Å². The summed E-state index contributed by atoms with van der Waals surface area (Å²) in [4.78, 5) is 17.2. The smallest absolute Gasteiger partial charge is 0.222 e. The van der Waals surface area contributed by atoms with Crippen LogP contribution in [0.4, 0.5) is 4.39 Å². The Morgan fingerprint density at radius 1 is 1.04 bits per heavy atom. The summed E-state index contributed by atoms with van der Waals surface area (Å²) in [6.45, 7) is 5.57. The van der Waals surface area contributed by atoms with Gasteiger partial charge in [-0.2, -0.15) is 0 Å². The maximum Gasteiger partial charge on any atom is 0.222 e. The molecule has 3 nitrogen and oxygen atoms in total. The number of benzene rings is 2. The minimum Gasteiger partial charge on any atom is -0.338 e. The summed E-state index contributed by atoms with van der Waals surface area (Å²) in [6, 6.07) is 17.5. The van der Waals surface area contributed by atoms with Crippen molar-refractivity contribution in [3.63, 3.8) is 0 Å². The molecular formula is C24H31FN2O. The second-order valence-electron chi connectivity index (χ2n) is 7.73. The molecule has 0 radical (unpaired) electrons. The van der Waals surface area contributed by atoms with Crippen LogP contribution in [-0.4, -0.2) is 34.8 Å². The average molecular weight is 383 g/mol. The maximum absolute atomic E-state index is 13.1. The lowest BCUT2D eigenvalue weighted by Gasteiger charge is -2.31. The first-order chi connectivity index (χ1) is 13.7. The topological polar surface area (TPSA) is 23.6 Å². The van der Waals surface area contributed by atoms with E-state index < -0.39 is 0 Å². The van der Waals surface area contributed by atoms with Gasteiger partial charge >= 0.3 is 0 Å². The van der Waals surface area contributed by atoms with E-state index in [0.29, 0.717) is 19.0 Å². The summed E-state index contributed by atoms with van der Waals surface area (Å²) >= 11 is 0. The number of carbonyl (C=O) groups is 1. The molecule has 3 rings (SSSR count). The Hall–Kier alpha value is -2.20. The third kappa shape index (κ3) is 5.90. The van der Waals surface area contributed by atoms with E-state index in [-0.39, 0.29) is 11.7 Å². The molecule has 0 saturated carbocycles. The lowest BCUT2D eigenvalue weighted by atomic mass is 10.1. The van der Waals surface area contributed by atoms with E-state index in [9.17, 15) is 9.18 Å². The summed E-state index contributed by atoms with van der Waals surface area (Å²) < 4.78 is 13.1. The van der Waals surface area contributed by atoms with Gasteiger partial charge in [0.1, 0.15) is 5.82 Å². The van der Waals surface area contributed by atoms with Gasteiger partial charge in [-0.25, -0.2) is 4.39 Å². The molecular weight excluding hydrogens is 351 g/mol. The molecule has 0 bridgehead atoms. The van der Waals surface area contributed by atoms with Crippen molar-refractivity contribution in [2.24, 2.45) is 0 Å². The number of nitrogens with zero attached hydrogens (tertiary/aromatic N) is 2. The summed E-state index contributed by atoms with van der Waals surface area (Å²) in [5, 5.41) is 0. The Kier molecular flexibility index (Phi) is 7.61. The molecule has 150 valence electrons. The third-order valence-corrected chi connectivity index (χ3v) is 5.61. The third-order valence-electron chi connectivity index (χ3n) is 5.61. The average Bonchev–Trinajstić information content (AvgIpc) is 2.90. The van der Waals surface area contributed by atoms with E-state index >= 15 is 0 Å². The van der Waals surface area contributed by atoms with Crippen LogP contribution in [-0.2, 0) is 17.9 Å². The van der Waals surface area contributed by atoms with Gasteiger partial charge in [-0.1, -0.05) is 55.8 Å². The van der Waals surface area contributed by atoms with Crippen molar-refractivity contribution >= 4 is 5.91 Å². The van der Waals surface area contributed by atoms with Crippen molar-refractivity contribution < 1.29 is 9.18 Å². The van der Waals surface area contributed by atoms with Crippen molar-refractivity contribution in [2.75, 3.05) is 13.1 Å². The number of amides is 1. The van der Waals surface area contributed by atoms with E-state index in [2.05, 4.69) is 42.2 Å². The molecule has 1 amide bonds. The van der Waals surface area contributed by atoms with E-state index in [4.69, 9.17) is 0 Å². The van der Waals surface area contributed by atoms with Crippen LogP contribution in [0, 0.1) is 5.82 Å². The lowest BCUT2D eigenvalue weighted by Crippen LogP contribution is -2.36. The highest BCUT2D eigenvalue weighted by molar-refractivity contribution is 5.76. The fourth-order valence-corrected chi connectivity index (χ4v) is 3.93. The zero-order valence-electron chi connectivity index (χ0n) is 16.8. The van der Waals surface area contributed by atoms with E-state index in [1.54, 1.807) is 12.1 Å². The second-order valence-corrected chi connectivity index (χ2v) is 7.73. The fourth-order valence-electron chi connectivity index (χ4n) is 3.93. The molecule has 0 aliphatic carbocycles. The van der Waals surface area contributed by atoms with Crippen LogP contribution in [0.2, 0.25) is 0 Å². The van der Waals surface area contributed by atoms with E-state index in [1.165, 1.54) is 30.5 Å². The Balaban J connectivity index is 1.64. The quantitative estimate of drug-likeness (QED) is 0.641. The number of halogens is 1. The molecule has 1 aliphatic rings. The zero-order valence-corrected chi connectivity index (χ0v) is 16.8. The van der Waals surface area contributed by atoms with Crippen LogP contribution in [0.25, 0.3) is 0 Å². The van der Waals surface area contributed by atoms with Crippen molar-refractivity contribution in [3.05, 3.63) is 71.5 Å². The molecule has 1 unspecified atom stereocenters. The molecule has 1 saturated heterocycles. The zero-order chi connectivity index (χ0) is 19.8. The molecule has 1 aliphatic heterocycles. The first-order valence-corrected chi connectivity index (χ1v) is 10.5. The highest BCUT2D eigenvalue weighted by atomic mass is 19.1. The first kappa shape index (κ1) is 20.5. The van der Waals surface area contributed by atoms with Crippen LogP contribution < -0.4 is 0 Å². The minimum atomic E-state index is -0.238. The highest BCUT2D eigenvalue weighted by Gasteiger charge is 2.26. The van der Waals surface area contributed by atoms with Crippen LogP contribution >= 0.6 is 0 Å². The van der Waals surface area contributed by atoms with Gasteiger partial charge in [-0.3, -0.25) is 9.69 Å². The van der Waals surface area contributed by atoms with Crippen molar-refractivity contribution in [1.29, 1.82) is 0 Å². The number of likely N-dealkylation sites (tertiary alicyclic amines) is 1. The molecule has 1 heterocycles. The van der Waals surface area contributed by atoms with Crippen LogP contribution in [0.3, 0.4) is 0 Å². The molecule has 2 aromatic rings. The fraction of sp³-hybridized carbons (Fsp3) is 0.458. The van der Waals surface area contributed by atoms with Gasteiger partial charge in [-0.15, -0.1) is 0 Å². The van der Waals surface area contributed by atoms with Crippen molar-refractivity contribution in [1.82, 2.24) is 9.80 Å². The van der Waals surface area contributed by atoms with Crippen molar-refractivity contribution in [3.8, 4) is 0 Å². The standard InChI is InChI=1S/C24H31FN2O/c1-2-3-16-26(18-20-7-5-4-6-8-20)23-13-14-24(28)27(17-15-23)19-21-9-11-22(25)12-10-21/h4-12,23H,2-3,13-19H2,1H3. The summed E-state index contributed by atoms with van der Waals surface area (Å²) in [6.07, 6.45) is 4.84. The van der Waals surface area contributed by atoms with E-state index in [0.717, 1.165) is 38.0 Å². The Labute approximate surface area is 168 Å². The molecule has 1 atom stereocenters. The first-order valence-electron chi connectivity index (χ1n) is 10.5. The van der Waals surface area contributed by atoms with E-state index in [1.807, 2.05) is 4.90 Å². The Bertz CT molecular complexity index is 732. The van der Waals surface area contributed by atoms with Gasteiger partial charge in [0.25, 0.3) is 0 Å². The predicted molar refractivity (Wildman–Crippen MR) is 111 cm³/mol. The summed E-state index contributed by atoms with van der Waals surface area (Å²) in [5.74, 6) is -0.0273. The number of hydrogen-bond donors (Lipinski definition) is 0. The highest BCUT2D eigenvalue weighted by Crippen LogP contribution is 2.22. The SMILES string of the molecule is CCCCN(Cc1ccccc1)C1CCC(=O)N(Cc2ccc(F)cc2)CC1. The molecule has 0 aromatic heterocycles. The summed E-state index contributed by atoms with van der Waals surface area (Å²) in [7, 11) is 0. The number of carbonyl (C=O) groups excluding carboxylic acids is 1. The van der Waals surface area contributed by atoms with Gasteiger partial charge in [0.05, 0.1) is 0 Å². The van der Waals surface area contributed by atoms with Crippen LogP contribution in [0.5, 0.6) is 0 Å². The number of unbranched alkanes of at least 4 members (excludes halogenated alkanes) is 1. The second kappa shape index (κ2) is 10.4. The van der Waals surface area contributed by atoms with Crippen molar-refractivity contribution in [2.45, 2.75) is 58.2 Å². The minimum absolute atomic E-state index is 0.210.